The van der Waals surface area contributed by atoms with Gasteiger partial charge < -0.3 is 9.64 Å². The van der Waals surface area contributed by atoms with E-state index < -0.39 is 10.0 Å². The SMILES string of the molecule is CCOc1cccc(N(CC(=O)N2CCCCCC2)S(C)(=O)=O)c1. The highest BCUT2D eigenvalue weighted by Crippen LogP contribution is 2.23. The van der Waals surface area contributed by atoms with Crippen LogP contribution in [0.15, 0.2) is 24.3 Å². The molecule has 1 aliphatic rings. The minimum Gasteiger partial charge on any atom is -0.494 e. The normalized spacial score (nSPS) is 15.7. The van der Waals surface area contributed by atoms with E-state index in [9.17, 15) is 13.2 Å². The number of hydrogen-bond acceptors (Lipinski definition) is 4. The van der Waals surface area contributed by atoms with Gasteiger partial charge in [0.15, 0.2) is 0 Å². The molecule has 0 N–H and O–H groups in total. The Balaban J connectivity index is 2.19. The topological polar surface area (TPSA) is 66.9 Å². The van der Waals surface area contributed by atoms with Crippen LogP contribution in [-0.2, 0) is 14.8 Å². The van der Waals surface area contributed by atoms with Crippen molar-refractivity contribution in [2.45, 2.75) is 32.6 Å². The standard InChI is InChI=1S/C17H26N2O4S/c1-3-23-16-10-8-9-15(13-16)19(24(2,21)22)14-17(20)18-11-6-4-5-7-12-18/h8-10,13H,3-7,11-12,14H2,1-2H3. The molecule has 0 unspecified atom stereocenters. The number of likely N-dealkylation sites (tertiary alicyclic amines) is 1. The van der Waals surface area contributed by atoms with Gasteiger partial charge in [0.05, 0.1) is 18.6 Å². The quantitative estimate of drug-likeness (QED) is 0.786. The Hall–Kier alpha value is -1.76. The predicted octanol–water partition coefficient (Wildman–Crippen LogP) is 2.25. The van der Waals surface area contributed by atoms with E-state index in [0.29, 0.717) is 31.1 Å². The monoisotopic (exact) mass is 354 g/mol. The van der Waals surface area contributed by atoms with E-state index in [-0.39, 0.29) is 12.5 Å². The molecule has 1 amide bonds. The van der Waals surface area contributed by atoms with Gasteiger partial charge in [0.25, 0.3) is 0 Å². The van der Waals surface area contributed by atoms with Crippen LogP contribution in [0.5, 0.6) is 5.75 Å². The molecule has 0 radical (unpaired) electrons. The van der Waals surface area contributed by atoms with Crippen molar-refractivity contribution in [3.63, 3.8) is 0 Å². The number of hydrogen-bond donors (Lipinski definition) is 0. The first-order valence-electron chi connectivity index (χ1n) is 8.40. The van der Waals surface area contributed by atoms with Crippen molar-refractivity contribution in [1.29, 1.82) is 0 Å². The minimum absolute atomic E-state index is 0.149. The first-order valence-corrected chi connectivity index (χ1v) is 10.2. The number of anilines is 1. The number of carbonyl (C=O) groups is 1. The number of carbonyl (C=O) groups excluding carboxylic acids is 1. The van der Waals surface area contributed by atoms with Crippen LogP contribution < -0.4 is 9.04 Å². The fourth-order valence-corrected chi connectivity index (χ4v) is 3.68. The van der Waals surface area contributed by atoms with Crippen molar-refractivity contribution in [3.05, 3.63) is 24.3 Å². The third kappa shape index (κ3) is 5.12. The van der Waals surface area contributed by atoms with Gasteiger partial charge in [-0.15, -0.1) is 0 Å². The fraction of sp³-hybridized carbons (Fsp3) is 0.588. The van der Waals surface area contributed by atoms with Gasteiger partial charge in [-0.2, -0.15) is 0 Å². The fourth-order valence-electron chi connectivity index (χ4n) is 2.84. The highest BCUT2D eigenvalue weighted by molar-refractivity contribution is 7.92. The van der Waals surface area contributed by atoms with Gasteiger partial charge in [0.2, 0.25) is 15.9 Å². The van der Waals surface area contributed by atoms with Crippen molar-refractivity contribution in [2.24, 2.45) is 0 Å². The summed E-state index contributed by atoms with van der Waals surface area (Å²) in [5, 5.41) is 0. The predicted molar refractivity (Wildman–Crippen MR) is 94.8 cm³/mol. The Morgan fingerprint density at radius 3 is 2.46 bits per heavy atom. The van der Waals surface area contributed by atoms with E-state index in [1.54, 1.807) is 29.2 Å². The van der Waals surface area contributed by atoms with E-state index in [1.807, 2.05) is 6.92 Å². The summed E-state index contributed by atoms with van der Waals surface area (Å²) in [6, 6.07) is 6.83. The number of benzene rings is 1. The Morgan fingerprint density at radius 2 is 1.88 bits per heavy atom. The van der Waals surface area contributed by atoms with Crippen molar-refractivity contribution in [3.8, 4) is 5.75 Å². The number of rotatable bonds is 6. The number of ether oxygens (including phenoxy) is 1. The van der Waals surface area contributed by atoms with Crippen LogP contribution in [0.2, 0.25) is 0 Å². The average Bonchev–Trinajstić information content (AvgIpc) is 2.81. The molecule has 6 nitrogen and oxygen atoms in total. The molecule has 1 aromatic carbocycles. The number of nitrogens with zero attached hydrogens (tertiary/aromatic N) is 2. The summed E-state index contributed by atoms with van der Waals surface area (Å²) < 4.78 is 31.0. The zero-order chi connectivity index (χ0) is 17.6. The smallest absolute Gasteiger partial charge is 0.243 e. The van der Waals surface area contributed by atoms with Gasteiger partial charge in [-0.1, -0.05) is 18.9 Å². The summed E-state index contributed by atoms with van der Waals surface area (Å²) >= 11 is 0. The first kappa shape index (κ1) is 18.6. The second kappa shape index (κ2) is 8.37. The Labute approximate surface area is 144 Å². The Morgan fingerprint density at radius 1 is 1.21 bits per heavy atom. The van der Waals surface area contributed by atoms with E-state index >= 15 is 0 Å². The lowest BCUT2D eigenvalue weighted by Gasteiger charge is -2.27. The van der Waals surface area contributed by atoms with Gasteiger partial charge in [-0.3, -0.25) is 9.10 Å². The molecule has 2 rings (SSSR count). The molecule has 0 aliphatic carbocycles. The summed E-state index contributed by atoms with van der Waals surface area (Å²) in [6.07, 6.45) is 5.32. The zero-order valence-electron chi connectivity index (χ0n) is 14.4. The van der Waals surface area contributed by atoms with Crippen LogP contribution in [0.3, 0.4) is 0 Å². The van der Waals surface area contributed by atoms with Crippen LogP contribution in [-0.4, -0.2) is 51.7 Å². The second-order valence-corrected chi connectivity index (χ2v) is 7.90. The minimum atomic E-state index is -3.56. The van der Waals surface area contributed by atoms with Crippen molar-refractivity contribution < 1.29 is 17.9 Å². The van der Waals surface area contributed by atoms with Gasteiger partial charge in [0, 0.05) is 19.2 Å². The molecule has 1 aromatic rings. The molecule has 7 heteroatoms. The van der Waals surface area contributed by atoms with E-state index in [4.69, 9.17) is 4.74 Å². The first-order chi connectivity index (χ1) is 11.4. The Bertz CT molecular complexity index is 652. The Kier molecular flexibility index (Phi) is 6.48. The molecule has 134 valence electrons. The molecule has 1 aliphatic heterocycles. The summed E-state index contributed by atoms with van der Waals surface area (Å²) in [6.45, 7) is 3.60. The molecule has 1 heterocycles. The van der Waals surface area contributed by atoms with Crippen LogP contribution in [0.25, 0.3) is 0 Å². The largest absolute Gasteiger partial charge is 0.494 e. The number of sulfonamides is 1. The van der Waals surface area contributed by atoms with Gasteiger partial charge in [-0.05, 0) is 31.9 Å². The van der Waals surface area contributed by atoms with Crippen molar-refractivity contribution in [1.82, 2.24) is 4.90 Å². The maximum absolute atomic E-state index is 12.6. The third-order valence-corrected chi connectivity index (χ3v) is 5.20. The van der Waals surface area contributed by atoms with Gasteiger partial charge in [-0.25, -0.2) is 8.42 Å². The van der Waals surface area contributed by atoms with Crippen LogP contribution >= 0.6 is 0 Å². The van der Waals surface area contributed by atoms with E-state index in [0.717, 1.165) is 36.2 Å². The zero-order valence-corrected chi connectivity index (χ0v) is 15.2. The van der Waals surface area contributed by atoms with Gasteiger partial charge >= 0.3 is 0 Å². The van der Waals surface area contributed by atoms with Crippen molar-refractivity contribution in [2.75, 3.05) is 36.8 Å². The van der Waals surface area contributed by atoms with Crippen LogP contribution in [0, 0.1) is 0 Å². The highest BCUT2D eigenvalue weighted by Gasteiger charge is 2.24. The van der Waals surface area contributed by atoms with Crippen LogP contribution in [0.4, 0.5) is 5.69 Å². The summed E-state index contributed by atoms with van der Waals surface area (Å²) in [5.74, 6) is 0.440. The lowest BCUT2D eigenvalue weighted by atomic mass is 10.2. The lowest BCUT2D eigenvalue weighted by Crippen LogP contribution is -2.43. The summed E-state index contributed by atoms with van der Waals surface area (Å²) in [7, 11) is -3.56. The van der Waals surface area contributed by atoms with Gasteiger partial charge in [0.1, 0.15) is 12.3 Å². The molecule has 0 saturated carbocycles. The maximum Gasteiger partial charge on any atom is 0.243 e. The molecule has 0 spiro atoms. The average molecular weight is 354 g/mol. The molecular weight excluding hydrogens is 328 g/mol. The third-order valence-electron chi connectivity index (χ3n) is 4.05. The van der Waals surface area contributed by atoms with E-state index in [2.05, 4.69) is 0 Å². The molecular formula is C17H26N2O4S. The molecule has 0 atom stereocenters. The number of amides is 1. The molecule has 24 heavy (non-hydrogen) atoms. The van der Waals surface area contributed by atoms with Crippen molar-refractivity contribution >= 4 is 21.6 Å². The molecule has 0 aromatic heterocycles. The summed E-state index contributed by atoms with van der Waals surface area (Å²) in [5.41, 5.74) is 0.451. The maximum atomic E-state index is 12.6. The molecule has 1 fully saturated rings. The molecule has 0 bridgehead atoms. The second-order valence-electron chi connectivity index (χ2n) is 6.00. The summed E-state index contributed by atoms with van der Waals surface area (Å²) in [4.78, 5) is 14.4. The van der Waals surface area contributed by atoms with E-state index in [1.165, 1.54) is 0 Å². The molecule has 1 saturated heterocycles. The lowest BCUT2D eigenvalue weighted by molar-refractivity contribution is -0.129. The van der Waals surface area contributed by atoms with Crippen LogP contribution in [0.1, 0.15) is 32.6 Å². The highest BCUT2D eigenvalue weighted by atomic mass is 32.2.